The van der Waals surface area contributed by atoms with E-state index in [0.29, 0.717) is 19.4 Å². The summed E-state index contributed by atoms with van der Waals surface area (Å²) >= 11 is 0. The highest BCUT2D eigenvalue weighted by molar-refractivity contribution is 5.96. The molecule has 1 atom stereocenters. The lowest BCUT2D eigenvalue weighted by molar-refractivity contribution is -0.144. The largest absolute Gasteiger partial charge is 0.312 e. The maximum Gasteiger partial charge on any atom is 0.229 e. The average molecular weight is 226 g/mol. The minimum atomic E-state index is -0.00106. The standard InChI is InChI=1S/C12H22N2O2/c1-3-10(13-4-2)9-14-11(15)7-5-6-8-12(14)16/h10,13H,3-9H2,1-2H3. The topological polar surface area (TPSA) is 49.4 Å². The molecule has 0 aliphatic carbocycles. The van der Waals surface area contributed by atoms with E-state index < -0.39 is 0 Å². The molecule has 4 heteroatoms. The molecule has 1 aliphatic rings. The predicted octanol–water partition coefficient (Wildman–Crippen LogP) is 1.30. The Morgan fingerprint density at radius 3 is 2.19 bits per heavy atom. The van der Waals surface area contributed by atoms with Crippen molar-refractivity contribution in [3.8, 4) is 0 Å². The van der Waals surface area contributed by atoms with Gasteiger partial charge in [0.25, 0.3) is 0 Å². The number of nitrogens with one attached hydrogen (secondary N) is 1. The highest BCUT2D eigenvalue weighted by atomic mass is 16.2. The van der Waals surface area contributed by atoms with Gasteiger partial charge in [-0.05, 0) is 25.8 Å². The molecule has 1 rings (SSSR count). The smallest absolute Gasteiger partial charge is 0.229 e. The number of hydrogen-bond acceptors (Lipinski definition) is 3. The monoisotopic (exact) mass is 226 g/mol. The van der Waals surface area contributed by atoms with Crippen LogP contribution in [0.1, 0.15) is 46.0 Å². The quantitative estimate of drug-likeness (QED) is 0.719. The summed E-state index contributed by atoms with van der Waals surface area (Å²) in [5.41, 5.74) is 0. The fourth-order valence-corrected chi connectivity index (χ4v) is 2.01. The van der Waals surface area contributed by atoms with Crippen LogP contribution in [0.15, 0.2) is 0 Å². The number of likely N-dealkylation sites (N-methyl/N-ethyl adjacent to an activating group) is 1. The van der Waals surface area contributed by atoms with E-state index in [-0.39, 0.29) is 17.9 Å². The maximum absolute atomic E-state index is 11.8. The molecule has 0 bridgehead atoms. The van der Waals surface area contributed by atoms with Crippen LogP contribution < -0.4 is 5.32 Å². The Hall–Kier alpha value is -0.900. The van der Waals surface area contributed by atoms with E-state index >= 15 is 0 Å². The minimum Gasteiger partial charge on any atom is -0.312 e. The molecule has 1 unspecified atom stereocenters. The van der Waals surface area contributed by atoms with E-state index in [2.05, 4.69) is 12.2 Å². The van der Waals surface area contributed by atoms with Gasteiger partial charge in [0.1, 0.15) is 0 Å². The fraction of sp³-hybridized carbons (Fsp3) is 0.833. The zero-order chi connectivity index (χ0) is 12.0. The summed E-state index contributed by atoms with van der Waals surface area (Å²) in [7, 11) is 0. The van der Waals surface area contributed by atoms with E-state index in [1.165, 1.54) is 4.90 Å². The normalized spacial score (nSPS) is 19.8. The molecule has 0 radical (unpaired) electrons. The molecule has 1 N–H and O–H groups in total. The Kier molecular flexibility index (Phi) is 5.46. The van der Waals surface area contributed by atoms with E-state index in [0.717, 1.165) is 25.8 Å². The molecule has 0 spiro atoms. The summed E-state index contributed by atoms with van der Waals surface area (Å²) in [6.45, 7) is 5.51. The van der Waals surface area contributed by atoms with Crippen molar-refractivity contribution in [2.45, 2.75) is 52.0 Å². The molecule has 92 valence electrons. The number of carbonyl (C=O) groups is 2. The molecule has 1 heterocycles. The van der Waals surface area contributed by atoms with Gasteiger partial charge in [-0.2, -0.15) is 0 Å². The van der Waals surface area contributed by atoms with Crippen LogP contribution in [0.4, 0.5) is 0 Å². The molecule has 0 aromatic rings. The number of hydrogen-bond donors (Lipinski definition) is 1. The van der Waals surface area contributed by atoms with Crippen molar-refractivity contribution < 1.29 is 9.59 Å². The van der Waals surface area contributed by atoms with Gasteiger partial charge in [-0.1, -0.05) is 13.8 Å². The second-order valence-corrected chi connectivity index (χ2v) is 4.27. The van der Waals surface area contributed by atoms with Gasteiger partial charge < -0.3 is 5.32 Å². The fourth-order valence-electron chi connectivity index (χ4n) is 2.01. The Balaban J connectivity index is 2.59. The van der Waals surface area contributed by atoms with Crippen molar-refractivity contribution in [2.24, 2.45) is 0 Å². The highest BCUT2D eigenvalue weighted by Crippen LogP contribution is 2.13. The van der Waals surface area contributed by atoms with E-state index in [9.17, 15) is 9.59 Å². The van der Waals surface area contributed by atoms with Crippen LogP contribution in [-0.2, 0) is 9.59 Å². The molecule has 1 saturated heterocycles. The van der Waals surface area contributed by atoms with Gasteiger partial charge in [-0.25, -0.2) is 0 Å². The summed E-state index contributed by atoms with van der Waals surface area (Å²) in [5, 5.41) is 3.29. The molecule has 16 heavy (non-hydrogen) atoms. The SMILES string of the molecule is CCNC(CC)CN1C(=O)CCCCC1=O. The number of imide groups is 1. The lowest BCUT2D eigenvalue weighted by Crippen LogP contribution is -2.45. The Morgan fingerprint density at radius 1 is 1.19 bits per heavy atom. The molecule has 0 aromatic carbocycles. The van der Waals surface area contributed by atoms with E-state index in [4.69, 9.17) is 0 Å². The van der Waals surface area contributed by atoms with Crippen molar-refractivity contribution in [1.29, 1.82) is 0 Å². The number of carbonyl (C=O) groups excluding carboxylic acids is 2. The van der Waals surface area contributed by atoms with Crippen molar-refractivity contribution >= 4 is 11.8 Å². The lowest BCUT2D eigenvalue weighted by atomic mass is 10.2. The second-order valence-electron chi connectivity index (χ2n) is 4.27. The number of amides is 2. The third-order valence-electron chi connectivity index (χ3n) is 3.02. The summed E-state index contributed by atoms with van der Waals surface area (Å²) < 4.78 is 0. The highest BCUT2D eigenvalue weighted by Gasteiger charge is 2.25. The molecule has 1 aliphatic heterocycles. The second kappa shape index (κ2) is 6.63. The van der Waals surface area contributed by atoms with Gasteiger partial charge in [-0.15, -0.1) is 0 Å². The summed E-state index contributed by atoms with van der Waals surface area (Å²) in [4.78, 5) is 25.0. The molecule has 4 nitrogen and oxygen atoms in total. The molecule has 0 saturated carbocycles. The number of nitrogens with zero attached hydrogens (tertiary/aromatic N) is 1. The molecular weight excluding hydrogens is 204 g/mol. The third kappa shape index (κ3) is 3.59. The van der Waals surface area contributed by atoms with Crippen LogP contribution in [-0.4, -0.2) is 35.8 Å². The van der Waals surface area contributed by atoms with E-state index in [1.54, 1.807) is 0 Å². The van der Waals surface area contributed by atoms with Crippen LogP contribution in [0, 0.1) is 0 Å². The van der Waals surface area contributed by atoms with Gasteiger partial charge in [-0.3, -0.25) is 14.5 Å². The maximum atomic E-state index is 11.8. The molecule has 1 fully saturated rings. The minimum absolute atomic E-state index is 0.00106. The van der Waals surface area contributed by atoms with Crippen molar-refractivity contribution in [1.82, 2.24) is 10.2 Å². The Labute approximate surface area is 97.4 Å². The van der Waals surface area contributed by atoms with Gasteiger partial charge in [0, 0.05) is 25.4 Å². The van der Waals surface area contributed by atoms with Gasteiger partial charge in [0.2, 0.25) is 11.8 Å². The van der Waals surface area contributed by atoms with E-state index in [1.807, 2.05) is 6.92 Å². The van der Waals surface area contributed by atoms with Crippen LogP contribution in [0.5, 0.6) is 0 Å². The summed E-state index contributed by atoms with van der Waals surface area (Å²) in [6.07, 6.45) is 3.67. The van der Waals surface area contributed by atoms with Crippen LogP contribution in [0.25, 0.3) is 0 Å². The first-order valence-corrected chi connectivity index (χ1v) is 6.25. The zero-order valence-corrected chi connectivity index (χ0v) is 10.3. The number of rotatable bonds is 5. The molecular formula is C12H22N2O2. The summed E-state index contributed by atoms with van der Waals surface area (Å²) in [5.74, 6) is -0.00212. The Bertz CT molecular complexity index is 235. The number of likely N-dealkylation sites (tertiary alicyclic amines) is 1. The zero-order valence-electron chi connectivity index (χ0n) is 10.3. The van der Waals surface area contributed by atoms with Gasteiger partial charge in [0.15, 0.2) is 0 Å². The van der Waals surface area contributed by atoms with Crippen molar-refractivity contribution in [2.75, 3.05) is 13.1 Å². The van der Waals surface area contributed by atoms with Crippen molar-refractivity contribution in [3.05, 3.63) is 0 Å². The predicted molar refractivity (Wildman–Crippen MR) is 62.9 cm³/mol. The Morgan fingerprint density at radius 2 is 1.75 bits per heavy atom. The van der Waals surface area contributed by atoms with Crippen LogP contribution >= 0.6 is 0 Å². The molecule has 2 amide bonds. The van der Waals surface area contributed by atoms with Gasteiger partial charge in [0.05, 0.1) is 0 Å². The summed E-state index contributed by atoms with van der Waals surface area (Å²) in [6, 6.07) is 0.232. The third-order valence-corrected chi connectivity index (χ3v) is 3.02. The van der Waals surface area contributed by atoms with Gasteiger partial charge >= 0.3 is 0 Å². The lowest BCUT2D eigenvalue weighted by Gasteiger charge is -2.24. The molecule has 0 aromatic heterocycles. The van der Waals surface area contributed by atoms with Crippen molar-refractivity contribution in [3.63, 3.8) is 0 Å². The first-order chi connectivity index (χ1) is 7.69. The first kappa shape index (κ1) is 13.2. The average Bonchev–Trinajstić information content (AvgIpc) is 2.42. The first-order valence-electron chi connectivity index (χ1n) is 6.25. The van der Waals surface area contributed by atoms with Crippen LogP contribution in [0.3, 0.4) is 0 Å². The van der Waals surface area contributed by atoms with Crippen LogP contribution in [0.2, 0.25) is 0 Å².